The van der Waals surface area contributed by atoms with Gasteiger partial charge in [-0.2, -0.15) is 0 Å². The molecule has 0 aliphatic carbocycles. The number of nitrogens with one attached hydrogen (secondary N) is 1. The lowest BCUT2D eigenvalue weighted by molar-refractivity contribution is 0.291. The summed E-state index contributed by atoms with van der Waals surface area (Å²) in [6, 6.07) is 10.7. The van der Waals surface area contributed by atoms with Crippen molar-refractivity contribution in [2.24, 2.45) is 0 Å². The van der Waals surface area contributed by atoms with Crippen molar-refractivity contribution in [1.29, 1.82) is 0 Å². The van der Waals surface area contributed by atoms with Gasteiger partial charge in [-0.1, -0.05) is 30.7 Å². The molecule has 0 saturated carbocycles. The van der Waals surface area contributed by atoms with E-state index in [0.29, 0.717) is 6.61 Å². The Morgan fingerprint density at radius 3 is 2.60 bits per heavy atom. The molecule has 0 heterocycles. The maximum absolute atomic E-state index is 5.92. The van der Waals surface area contributed by atoms with Gasteiger partial charge in [0.15, 0.2) is 11.5 Å². The molecule has 1 N–H and O–H groups in total. The minimum absolute atomic E-state index is 0.681. The molecule has 2 rings (SSSR count). The molecule has 25 heavy (non-hydrogen) atoms. The molecule has 2 aromatic rings. The molecule has 0 aromatic heterocycles. The molecule has 0 atom stereocenters. The highest BCUT2D eigenvalue weighted by molar-refractivity contribution is 5.54. The van der Waals surface area contributed by atoms with Crippen molar-refractivity contribution in [2.45, 2.75) is 40.2 Å². The number of rotatable bonds is 9. The summed E-state index contributed by atoms with van der Waals surface area (Å²) in [4.78, 5) is 0. The van der Waals surface area contributed by atoms with E-state index >= 15 is 0 Å². The third-order valence-corrected chi connectivity index (χ3v) is 4.09. The molecule has 0 fully saturated rings. The van der Waals surface area contributed by atoms with E-state index < -0.39 is 0 Å². The molecule has 134 valence electrons. The summed E-state index contributed by atoms with van der Waals surface area (Å²) >= 11 is 0. The third kappa shape index (κ3) is 5.02. The van der Waals surface area contributed by atoms with Crippen molar-refractivity contribution in [3.05, 3.63) is 65.2 Å². The Balaban J connectivity index is 2.24. The summed E-state index contributed by atoms with van der Waals surface area (Å²) in [6.07, 6.45) is 3.62. The number of allylic oxidation sites excluding steroid dienone is 1. The zero-order valence-corrected chi connectivity index (χ0v) is 15.8. The molecular weight excluding hydrogens is 310 g/mol. The Hall–Kier alpha value is -2.42. The van der Waals surface area contributed by atoms with Gasteiger partial charge in [-0.3, -0.25) is 0 Å². The first kappa shape index (κ1) is 18.9. The fourth-order valence-electron chi connectivity index (χ4n) is 2.86. The highest BCUT2D eigenvalue weighted by atomic mass is 16.5. The number of ether oxygens (including phenoxy) is 2. The summed E-state index contributed by atoms with van der Waals surface area (Å²) in [6.45, 7) is 11.6. The van der Waals surface area contributed by atoms with Crippen LogP contribution in [0.5, 0.6) is 11.5 Å². The quantitative estimate of drug-likeness (QED) is 0.617. The van der Waals surface area contributed by atoms with Crippen molar-refractivity contribution in [3.63, 3.8) is 0 Å². The van der Waals surface area contributed by atoms with Gasteiger partial charge >= 0.3 is 0 Å². The van der Waals surface area contributed by atoms with Crippen LogP contribution in [0.25, 0.3) is 0 Å². The zero-order chi connectivity index (χ0) is 18.2. The van der Waals surface area contributed by atoms with Crippen LogP contribution in [-0.2, 0) is 13.0 Å². The largest absolute Gasteiger partial charge is 0.493 e. The lowest BCUT2D eigenvalue weighted by Gasteiger charge is -2.17. The van der Waals surface area contributed by atoms with Crippen LogP contribution in [0.3, 0.4) is 0 Å². The fraction of sp³-hybridized carbons (Fsp3) is 0.364. The summed E-state index contributed by atoms with van der Waals surface area (Å²) in [5.41, 5.74) is 5.95. The second kappa shape index (κ2) is 9.16. The number of hydrogen-bond acceptors (Lipinski definition) is 3. The van der Waals surface area contributed by atoms with Gasteiger partial charge in [-0.05, 0) is 56.0 Å². The van der Waals surface area contributed by atoms with Gasteiger partial charge in [0.05, 0.1) is 13.7 Å². The van der Waals surface area contributed by atoms with Crippen molar-refractivity contribution in [3.8, 4) is 11.5 Å². The average molecular weight is 339 g/mol. The molecule has 0 radical (unpaired) electrons. The van der Waals surface area contributed by atoms with Gasteiger partial charge in [0.25, 0.3) is 0 Å². The van der Waals surface area contributed by atoms with Crippen LogP contribution in [0, 0.1) is 13.8 Å². The van der Waals surface area contributed by atoms with Crippen molar-refractivity contribution in [1.82, 2.24) is 0 Å². The second-order valence-electron chi connectivity index (χ2n) is 6.30. The minimum atomic E-state index is 0.681. The first-order valence-electron chi connectivity index (χ1n) is 8.83. The van der Waals surface area contributed by atoms with Crippen LogP contribution < -0.4 is 14.8 Å². The number of methoxy groups -OCH3 is 1. The number of benzene rings is 2. The predicted molar refractivity (Wildman–Crippen MR) is 106 cm³/mol. The van der Waals surface area contributed by atoms with E-state index in [9.17, 15) is 0 Å². The lowest BCUT2D eigenvalue weighted by atomic mass is 10.0. The Morgan fingerprint density at radius 2 is 1.96 bits per heavy atom. The lowest BCUT2D eigenvalue weighted by Crippen LogP contribution is -2.05. The van der Waals surface area contributed by atoms with Crippen LogP contribution in [0.15, 0.2) is 43.0 Å². The van der Waals surface area contributed by atoms with Crippen LogP contribution in [0.1, 0.15) is 35.6 Å². The van der Waals surface area contributed by atoms with E-state index in [1.807, 2.05) is 12.1 Å². The number of anilines is 1. The van der Waals surface area contributed by atoms with E-state index in [1.54, 1.807) is 7.11 Å². The predicted octanol–water partition coefficient (Wildman–Crippen LogP) is 5.44. The van der Waals surface area contributed by atoms with E-state index in [4.69, 9.17) is 9.47 Å². The Labute approximate surface area is 151 Å². The van der Waals surface area contributed by atoms with E-state index in [1.165, 1.54) is 11.1 Å². The maximum Gasteiger partial charge on any atom is 0.164 e. The van der Waals surface area contributed by atoms with Crippen LogP contribution in [0.4, 0.5) is 5.69 Å². The molecule has 0 saturated heterocycles. The highest BCUT2D eigenvalue weighted by Crippen LogP contribution is 2.34. The van der Waals surface area contributed by atoms with Gasteiger partial charge in [0.2, 0.25) is 0 Å². The molecule has 0 amide bonds. The number of aryl methyl sites for hydroxylation is 2. The van der Waals surface area contributed by atoms with Crippen LogP contribution >= 0.6 is 0 Å². The minimum Gasteiger partial charge on any atom is -0.493 e. The summed E-state index contributed by atoms with van der Waals surface area (Å²) < 4.78 is 11.5. The fourth-order valence-corrected chi connectivity index (χ4v) is 2.86. The van der Waals surface area contributed by atoms with Crippen LogP contribution in [-0.4, -0.2) is 13.7 Å². The number of hydrogen-bond donors (Lipinski definition) is 1. The van der Waals surface area contributed by atoms with Gasteiger partial charge in [-0.15, -0.1) is 6.58 Å². The van der Waals surface area contributed by atoms with Gasteiger partial charge in [0, 0.05) is 17.8 Å². The topological polar surface area (TPSA) is 30.5 Å². The normalized spacial score (nSPS) is 10.4. The molecule has 3 nitrogen and oxygen atoms in total. The Kier molecular flexibility index (Phi) is 6.93. The van der Waals surface area contributed by atoms with E-state index in [-0.39, 0.29) is 0 Å². The molecule has 0 spiro atoms. The molecule has 0 aliphatic rings. The van der Waals surface area contributed by atoms with E-state index in [0.717, 1.165) is 47.7 Å². The smallest absolute Gasteiger partial charge is 0.164 e. The Bertz CT molecular complexity index is 722. The average Bonchev–Trinajstić information content (AvgIpc) is 2.60. The standard InChI is InChI=1S/C22H29NO2/c1-6-8-19-13-18(14-21(24-5)22(19)25-11-7-2)15-23-20-10-9-16(3)12-17(20)4/h6,9-10,12-14,23H,1,7-8,11,15H2,2-5H3. The second-order valence-corrected chi connectivity index (χ2v) is 6.30. The molecule has 0 bridgehead atoms. The van der Waals surface area contributed by atoms with Gasteiger partial charge < -0.3 is 14.8 Å². The molecule has 2 aromatic carbocycles. The molecular formula is C22H29NO2. The summed E-state index contributed by atoms with van der Waals surface area (Å²) in [7, 11) is 1.69. The van der Waals surface area contributed by atoms with Gasteiger partial charge in [-0.25, -0.2) is 0 Å². The SMILES string of the molecule is C=CCc1cc(CNc2ccc(C)cc2C)cc(OC)c1OCCC. The highest BCUT2D eigenvalue weighted by Gasteiger charge is 2.13. The Morgan fingerprint density at radius 1 is 1.16 bits per heavy atom. The van der Waals surface area contributed by atoms with E-state index in [2.05, 4.69) is 56.9 Å². The van der Waals surface area contributed by atoms with Crippen molar-refractivity contribution in [2.75, 3.05) is 19.0 Å². The molecule has 0 unspecified atom stereocenters. The third-order valence-electron chi connectivity index (χ3n) is 4.09. The van der Waals surface area contributed by atoms with Gasteiger partial charge in [0.1, 0.15) is 0 Å². The molecule has 3 heteroatoms. The zero-order valence-electron chi connectivity index (χ0n) is 15.8. The monoisotopic (exact) mass is 339 g/mol. The summed E-state index contributed by atoms with van der Waals surface area (Å²) in [5, 5.41) is 3.52. The summed E-state index contributed by atoms with van der Waals surface area (Å²) in [5.74, 6) is 1.62. The van der Waals surface area contributed by atoms with Crippen molar-refractivity contribution >= 4 is 5.69 Å². The molecule has 0 aliphatic heterocycles. The maximum atomic E-state index is 5.92. The van der Waals surface area contributed by atoms with Crippen LogP contribution in [0.2, 0.25) is 0 Å². The first-order chi connectivity index (χ1) is 12.1. The first-order valence-corrected chi connectivity index (χ1v) is 8.83. The van der Waals surface area contributed by atoms with Crippen molar-refractivity contribution < 1.29 is 9.47 Å².